The Morgan fingerprint density at radius 3 is 2.72 bits per heavy atom. The second-order valence-corrected chi connectivity index (χ2v) is 7.54. The Kier molecular flexibility index (Phi) is 5.58. The Morgan fingerprint density at radius 1 is 1.20 bits per heavy atom. The normalized spacial score (nSPS) is 14.6. The molecule has 2 N–H and O–H groups in total. The predicted octanol–water partition coefficient (Wildman–Crippen LogP) is 3.71. The van der Waals surface area contributed by atoms with Gasteiger partial charge in [0.05, 0.1) is 16.3 Å². The van der Waals surface area contributed by atoms with Crippen molar-refractivity contribution >= 4 is 34.6 Å². The maximum atomic E-state index is 12.0. The van der Waals surface area contributed by atoms with Gasteiger partial charge in [0, 0.05) is 11.4 Å². The van der Waals surface area contributed by atoms with Crippen LogP contribution in [-0.4, -0.2) is 28.7 Å². The van der Waals surface area contributed by atoms with Gasteiger partial charge in [-0.15, -0.1) is 0 Å². The summed E-state index contributed by atoms with van der Waals surface area (Å²) in [6.45, 7) is 4.08. The molecule has 1 fully saturated rings. The van der Waals surface area contributed by atoms with E-state index in [9.17, 15) is 9.59 Å². The minimum atomic E-state index is -0.393. The van der Waals surface area contributed by atoms with Crippen LogP contribution in [0.4, 0.5) is 4.79 Å². The van der Waals surface area contributed by atoms with Crippen LogP contribution in [0.5, 0.6) is 0 Å². The summed E-state index contributed by atoms with van der Waals surface area (Å²) in [5, 5.41) is 7.18. The zero-order chi connectivity index (χ0) is 17.8. The fourth-order valence-electron chi connectivity index (χ4n) is 3.20. The van der Waals surface area contributed by atoms with Crippen molar-refractivity contribution < 1.29 is 9.59 Å². The fraction of sp³-hybridized carbons (Fsp3) is 0.421. The molecule has 3 amide bonds. The van der Waals surface area contributed by atoms with Crippen LogP contribution in [0.2, 0.25) is 0 Å². The summed E-state index contributed by atoms with van der Waals surface area (Å²) < 4.78 is 0. The molecular formula is C19H23N3O2S. The zero-order valence-electron chi connectivity index (χ0n) is 14.6. The van der Waals surface area contributed by atoms with E-state index in [1.54, 1.807) is 0 Å². The van der Waals surface area contributed by atoms with Crippen molar-refractivity contribution in [3.63, 3.8) is 0 Å². The molecule has 0 bridgehead atoms. The molecule has 1 aliphatic carbocycles. The summed E-state index contributed by atoms with van der Waals surface area (Å²) in [6, 6.07) is 7.90. The van der Waals surface area contributed by atoms with E-state index in [0.717, 1.165) is 52.7 Å². The number of amides is 3. The van der Waals surface area contributed by atoms with E-state index < -0.39 is 6.03 Å². The van der Waals surface area contributed by atoms with E-state index >= 15 is 0 Å². The number of aromatic nitrogens is 1. The summed E-state index contributed by atoms with van der Waals surface area (Å²) in [5.41, 5.74) is 3.21. The van der Waals surface area contributed by atoms with Crippen LogP contribution in [0.3, 0.4) is 0 Å². The third-order valence-electron chi connectivity index (χ3n) is 4.52. The van der Waals surface area contributed by atoms with Gasteiger partial charge in [0.2, 0.25) is 5.91 Å². The number of aryl methyl sites for hydroxylation is 2. The molecule has 0 aliphatic heterocycles. The number of thioether (sulfide) groups is 1. The van der Waals surface area contributed by atoms with Crippen molar-refractivity contribution in [3.05, 3.63) is 35.4 Å². The first-order valence-electron chi connectivity index (χ1n) is 8.63. The molecule has 1 heterocycles. The number of benzene rings is 1. The fourth-order valence-corrected chi connectivity index (χ4v) is 3.97. The largest absolute Gasteiger partial charge is 0.335 e. The van der Waals surface area contributed by atoms with E-state index in [2.05, 4.69) is 21.7 Å². The Balaban J connectivity index is 1.57. The predicted molar refractivity (Wildman–Crippen MR) is 101 cm³/mol. The molecule has 3 rings (SSSR count). The second-order valence-electron chi connectivity index (χ2n) is 6.54. The maximum absolute atomic E-state index is 12.0. The minimum Gasteiger partial charge on any atom is -0.335 e. The molecule has 0 spiro atoms. The molecule has 0 unspecified atom stereocenters. The molecule has 1 aromatic heterocycles. The third-order valence-corrected chi connectivity index (χ3v) is 5.43. The SMILES string of the molecule is Cc1cc(SCC(=O)NC(=O)NC2CCCC2)nc2c(C)cccc12. The summed E-state index contributed by atoms with van der Waals surface area (Å²) in [6.07, 6.45) is 4.27. The van der Waals surface area contributed by atoms with Crippen molar-refractivity contribution in [1.82, 2.24) is 15.6 Å². The smallest absolute Gasteiger partial charge is 0.321 e. The number of nitrogens with one attached hydrogen (secondary N) is 2. The van der Waals surface area contributed by atoms with Crippen molar-refractivity contribution in [1.29, 1.82) is 0 Å². The average molecular weight is 357 g/mol. The number of hydrogen-bond acceptors (Lipinski definition) is 4. The number of carbonyl (C=O) groups excluding carboxylic acids is 2. The van der Waals surface area contributed by atoms with Gasteiger partial charge < -0.3 is 5.32 Å². The van der Waals surface area contributed by atoms with Crippen molar-refractivity contribution in [2.45, 2.75) is 50.6 Å². The number of hydrogen-bond donors (Lipinski definition) is 2. The molecule has 25 heavy (non-hydrogen) atoms. The van der Waals surface area contributed by atoms with Crippen LogP contribution >= 0.6 is 11.8 Å². The lowest BCUT2D eigenvalue weighted by Crippen LogP contribution is -2.44. The highest BCUT2D eigenvalue weighted by atomic mass is 32.2. The first-order chi connectivity index (χ1) is 12.0. The van der Waals surface area contributed by atoms with Gasteiger partial charge in [0.25, 0.3) is 0 Å². The number of nitrogens with zero attached hydrogens (tertiary/aromatic N) is 1. The molecule has 2 aromatic rings. The van der Waals surface area contributed by atoms with Crippen LogP contribution in [-0.2, 0) is 4.79 Å². The molecule has 6 heteroatoms. The Morgan fingerprint density at radius 2 is 1.96 bits per heavy atom. The number of para-hydroxylation sites is 1. The van der Waals surface area contributed by atoms with Crippen LogP contribution in [0.15, 0.2) is 29.3 Å². The topological polar surface area (TPSA) is 71.1 Å². The highest BCUT2D eigenvalue weighted by Crippen LogP contribution is 2.25. The number of carbonyl (C=O) groups is 2. The van der Waals surface area contributed by atoms with Crippen LogP contribution in [0, 0.1) is 13.8 Å². The van der Waals surface area contributed by atoms with Gasteiger partial charge in [-0.1, -0.05) is 42.8 Å². The summed E-state index contributed by atoms with van der Waals surface area (Å²) in [5.74, 6) is -0.133. The van der Waals surface area contributed by atoms with E-state index in [0.29, 0.717) is 0 Å². The van der Waals surface area contributed by atoms with E-state index in [4.69, 9.17) is 0 Å². The average Bonchev–Trinajstić information content (AvgIpc) is 3.07. The molecule has 1 saturated carbocycles. The lowest BCUT2D eigenvalue weighted by Gasteiger charge is -2.12. The molecular weight excluding hydrogens is 334 g/mol. The number of imide groups is 1. The standard InChI is InChI=1S/C19H23N3O2S/c1-12-6-5-9-15-13(2)10-17(22-18(12)15)25-11-16(23)21-19(24)20-14-7-3-4-8-14/h5-6,9-10,14H,3-4,7-8,11H2,1-2H3,(H2,20,21,23,24). The van der Waals surface area contributed by atoms with Crippen LogP contribution in [0.1, 0.15) is 36.8 Å². The second kappa shape index (κ2) is 7.87. The van der Waals surface area contributed by atoms with Gasteiger partial charge in [-0.25, -0.2) is 9.78 Å². The highest BCUT2D eigenvalue weighted by Gasteiger charge is 2.18. The highest BCUT2D eigenvalue weighted by molar-refractivity contribution is 7.99. The van der Waals surface area contributed by atoms with Gasteiger partial charge in [-0.3, -0.25) is 10.1 Å². The van der Waals surface area contributed by atoms with Gasteiger partial charge >= 0.3 is 6.03 Å². The molecule has 5 nitrogen and oxygen atoms in total. The number of rotatable bonds is 4. The lowest BCUT2D eigenvalue weighted by atomic mass is 10.1. The first-order valence-corrected chi connectivity index (χ1v) is 9.61. The minimum absolute atomic E-state index is 0.169. The summed E-state index contributed by atoms with van der Waals surface area (Å²) in [7, 11) is 0. The molecule has 0 radical (unpaired) electrons. The number of pyridine rings is 1. The first kappa shape index (κ1) is 17.7. The van der Waals surface area contributed by atoms with E-state index in [1.807, 2.05) is 32.0 Å². The number of fused-ring (bicyclic) bond motifs is 1. The Hall–Kier alpha value is -2.08. The van der Waals surface area contributed by atoms with Gasteiger partial charge in [0.1, 0.15) is 0 Å². The van der Waals surface area contributed by atoms with Crippen molar-refractivity contribution in [2.75, 3.05) is 5.75 Å². The summed E-state index contributed by atoms with van der Waals surface area (Å²) in [4.78, 5) is 28.5. The third kappa shape index (κ3) is 4.51. The number of urea groups is 1. The molecule has 132 valence electrons. The van der Waals surface area contributed by atoms with Gasteiger partial charge in [0.15, 0.2) is 0 Å². The molecule has 0 atom stereocenters. The zero-order valence-corrected chi connectivity index (χ0v) is 15.4. The van der Waals surface area contributed by atoms with Crippen molar-refractivity contribution in [3.8, 4) is 0 Å². The molecule has 1 aliphatic rings. The van der Waals surface area contributed by atoms with Gasteiger partial charge in [-0.2, -0.15) is 0 Å². The van der Waals surface area contributed by atoms with Crippen LogP contribution in [0.25, 0.3) is 10.9 Å². The maximum Gasteiger partial charge on any atom is 0.321 e. The van der Waals surface area contributed by atoms with Crippen molar-refractivity contribution in [2.24, 2.45) is 0 Å². The molecule has 0 saturated heterocycles. The molecule has 1 aromatic carbocycles. The summed E-state index contributed by atoms with van der Waals surface area (Å²) >= 11 is 1.35. The van der Waals surface area contributed by atoms with Gasteiger partial charge in [-0.05, 0) is 43.9 Å². The van der Waals surface area contributed by atoms with E-state index in [-0.39, 0.29) is 17.7 Å². The quantitative estimate of drug-likeness (QED) is 0.818. The van der Waals surface area contributed by atoms with E-state index in [1.165, 1.54) is 11.8 Å². The Bertz CT molecular complexity index is 801. The monoisotopic (exact) mass is 357 g/mol. The Labute approximate surface area is 152 Å². The lowest BCUT2D eigenvalue weighted by molar-refractivity contribution is -0.117. The van der Waals surface area contributed by atoms with Crippen LogP contribution < -0.4 is 10.6 Å².